The number of nitrogens with zero attached hydrogens (tertiary/aromatic N) is 4. The predicted octanol–water partition coefficient (Wildman–Crippen LogP) is 1.45. The molecule has 2 N–H and O–H groups in total. The van der Waals surface area contributed by atoms with E-state index in [4.69, 9.17) is 0 Å². The van der Waals surface area contributed by atoms with Gasteiger partial charge >= 0.3 is 0 Å². The number of H-pyrrole nitrogens is 1. The molecule has 0 saturated carbocycles. The molecule has 0 aromatic carbocycles. The third-order valence-electron chi connectivity index (χ3n) is 5.13. The first kappa shape index (κ1) is 18.4. The van der Waals surface area contributed by atoms with Crippen LogP contribution in [-0.4, -0.2) is 63.4 Å². The maximum absolute atomic E-state index is 12.5. The van der Waals surface area contributed by atoms with Crippen molar-refractivity contribution in [3.8, 4) is 0 Å². The van der Waals surface area contributed by atoms with Gasteiger partial charge in [-0.25, -0.2) is 4.98 Å². The molecule has 0 spiro atoms. The normalized spacial score (nSPS) is 19.8. The lowest BCUT2D eigenvalue weighted by Gasteiger charge is -2.29. The summed E-state index contributed by atoms with van der Waals surface area (Å²) in [6.45, 7) is 5.47. The highest BCUT2D eigenvalue weighted by atomic mass is 16.3. The van der Waals surface area contributed by atoms with E-state index in [1.807, 2.05) is 32.0 Å². The zero-order chi connectivity index (χ0) is 18.7. The van der Waals surface area contributed by atoms with Gasteiger partial charge in [0.25, 0.3) is 0 Å². The average molecular weight is 357 g/mol. The lowest BCUT2D eigenvalue weighted by molar-refractivity contribution is -0.132. The van der Waals surface area contributed by atoms with Gasteiger partial charge in [-0.05, 0) is 44.4 Å². The maximum Gasteiger partial charge on any atom is 0.222 e. The molecule has 1 aliphatic heterocycles. The van der Waals surface area contributed by atoms with Gasteiger partial charge in [0.15, 0.2) is 0 Å². The van der Waals surface area contributed by atoms with Crippen molar-refractivity contribution >= 4 is 11.7 Å². The first-order valence-electron chi connectivity index (χ1n) is 9.01. The zero-order valence-electron chi connectivity index (χ0n) is 15.7. The minimum atomic E-state index is -0.899. The molecule has 1 aliphatic rings. The summed E-state index contributed by atoms with van der Waals surface area (Å²) in [4.78, 5) is 20.6. The van der Waals surface area contributed by atoms with Crippen molar-refractivity contribution in [1.82, 2.24) is 20.1 Å². The number of β-amino-alcohol motifs (C(OH)–C–C–N with tert-alkyl or cyclic N) is 1. The van der Waals surface area contributed by atoms with Gasteiger partial charge in [-0.2, -0.15) is 5.10 Å². The number of aromatic amines is 1. The molecule has 7 heteroatoms. The fourth-order valence-electron chi connectivity index (χ4n) is 3.62. The van der Waals surface area contributed by atoms with Gasteiger partial charge in [-0.15, -0.1) is 0 Å². The number of aliphatic hydroxyl groups is 1. The molecule has 3 rings (SSSR count). The number of pyridine rings is 1. The molecule has 26 heavy (non-hydrogen) atoms. The summed E-state index contributed by atoms with van der Waals surface area (Å²) >= 11 is 0. The van der Waals surface area contributed by atoms with Gasteiger partial charge in [-0.1, -0.05) is 6.07 Å². The molecule has 0 unspecified atom stereocenters. The first-order chi connectivity index (χ1) is 12.4. The van der Waals surface area contributed by atoms with E-state index in [1.54, 1.807) is 18.1 Å². The Balaban J connectivity index is 1.54. The summed E-state index contributed by atoms with van der Waals surface area (Å²) in [6, 6.07) is 5.76. The number of carbonyl (C=O) groups excluding carboxylic acids is 1. The van der Waals surface area contributed by atoms with Crippen molar-refractivity contribution in [2.45, 2.75) is 38.7 Å². The number of anilines is 1. The number of hydrogen-bond acceptors (Lipinski definition) is 5. The van der Waals surface area contributed by atoms with Crippen LogP contribution in [0.1, 0.15) is 29.8 Å². The van der Waals surface area contributed by atoms with Gasteiger partial charge < -0.3 is 14.9 Å². The van der Waals surface area contributed by atoms with Crippen LogP contribution >= 0.6 is 0 Å². The second kappa shape index (κ2) is 7.45. The minimum Gasteiger partial charge on any atom is -0.386 e. The van der Waals surface area contributed by atoms with E-state index in [-0.39, 0.29) is 5.91 Å². The van der Waals surface area contributed by atoms with Crippen molar-refractivity contribution in [2.75, 3.05) is 31.6 Å². The summed E-state index contributed by atoms with van der Waals surface area (Å²) in [5.41, 5.74) is 2.16. The van der Waals surface area contributed by atoms with Crippen LogP contribution in [-0.2, 0) is 11.2 Å². The van der Waals surface area contributed by atoms with Gasteiger partial charge in [0.2, 0.25) is 5.91 Å². The number of hydrogen-bond donors (Lipinski definition) is 2. The summed E-state index contributed by atoms with van der Waals surface area (Å²) < 4.78 is 0. The van der Waals surface area contributed by atoms with Gasteiger partial charge in [0.1, 0.15) is 11.4 Å². The molecule has 2 aromatic heterocycles. The van der Waals surface area contributed by atoms with E-state index < -0.39 is 5.60 Å². The SMILES string of the molecule is Cc1n[nH]c(C)c1CCC(=O)N(C)C[C@]1(O)CCN(c2ccccn2)C1. The topological polar surface area (TPSA) is 85.3 Å². The monoisotopic (exact) mass is 357 g/mol. The minimum absolute atomic E-state index is 0.0368. The molecule has 0 aliphatic carbocycles. The van der Waals surface area contributed by atoms with E-state index in [0.29, 0.717) is 32.4 Å². The quantitative estimate of drug-likeness (QED) is 0.817. The highest BCUT2D eigenvalue weighted by Gasteiger charge is 2.38. The van der Waals surface area contributed by atoms with Crippen LogP contribution in [0.15, 0.2) is 24.4 Å². The van der Waals surface area contributed by atoms with E-state index in [0.717, 1.165) is 29.3 Å². The number of nitrogens with one attached hydrogen (secondary N) is 1. The van der Waals surface area contributed by atoms with Crippen LogP contribution in [0.25, 0.3) is 0 Å². The first-order valence-corrected chi connectivity index (χ1v) is 9.01. The molecule has 2 aromatic rings. The zero-order valence-corrected chi connectivity index (χ0v) is 15.7. The Morgan fingerprint density at radius 2 is 2.23 bits per heavy atom. The van der Waals surface area contributed by atoms with E-state index in [9.17, 15) is 9.90 Å². The molecule has 0 bridgehead atoms. The van der Waals surface area contributed by atoms with Crippen LogP contribution in [0.5, 0.6) is 0 Å². The number of likely N-dealkylation sites (N-methyl/N-ethyl adjacent to an activating group) is 1. The van der Waals surface area contributed by atoms with Gasteiger partial charge in [-0.3, -0.25) is 9.89 Å². The molecular formula is C19H27N5O2. The van der Waals surface area contributed by atoms with Crippen molar-refractivity contribution in [3.05, 3.63) is 41.3 Å². The lowest BCUT2D eigenvalue weighted by Crippen LogP contribution is -2.46. The Morgan fingerprint density at radius 3 is 2.88 bits per heavy atom. The molecule has 1 fully saturated rings. The number of aromatic nitrogens is 3. The fourth-order valence-corrected chi connectivity index (χ4v) is 3.62. The maximum atomic E-state index is 12.5. The highest BCUT2D eigenvalue weighted by molar-refractivity contribution is 5.76. The standard InChI is InChI=1S/C19H27N5O2/c1-14-16(15(2)22-21-14)7-8-18(25)23(3)12-19(26)9-11-24(13-19)17-6-4-5-10-20-17/h4-6,10,26H,7-9,11-13H2,1-3H3,(H,21,22)/t19-/m1/s1. The fraction of sp³-hybridized carbons (Fsp3) is 0.526. The molecule has 1 saturated heterocycles. The molecule has 140 valence electrons. The molecule has 0 radical (unpaired) electrons. The van der Waals surface area contributed by atoms with Crippen molar-refractivity contribution in [2.24, 2.45) is 0 Å². The van der Waals surface area contributed by atoms with Crippen molar-refractivity contribution in [1.29, 1.82) is 0 Å². The Morgan fingerprint density at radius 1 is 1.42 bits per heavy atom. The summed E-state index contributed by atoms with van der Waals surface area (Å²) in [7, 11) is 1.76. The average Bonchev–Trinajstić information content (AvgIpc) is 3.16. The second-order valence-corrected chi connectivity index (χ2v) is 7.25. The van der Waals surface area contributed by atoms with E-state index >= 15 is 0 Å². The van der Waals surface area contributed by atoms with Crippen LogP contribution in [0.3, 0.4) is 0 Å². The predicted molar refractivity (Wildman–Crippen MR) is 100 cm³/mol. The molecule has 1 atom stereocenters. The number of carbonyl (C=O) groups is 1. The molecular weight excluding hydrogens is 330 g/mol. The second-order valence-electron chi connectivity index (χ2n) is 7.25. The van der Waals surface area contributed by atoms with Crippen molar-refractivity contribution < 1.29 is 9.90 Å². The van der Waals surface area contributed by atoms with Crippen LogP contribution in [0.2, 0.25) is 0 Å². The van der Waals surface area contributed by atoms with Crippen molar-refractivity contribution in [3.63, 3.8) is 0 Å². The Kier molecular flexibility index (Phi) is 5.27. The molecule has 3 heterocycles. The summed E-state index contributed by atoms with van der Waals surface area (Å²) in [6.07, 6.45) is 3.46. The number of amides is 1. The smallest absolute Gasteiger partial charge is 0.222 e. The molecule has 7 nitrogen and oxygen atoms in total. The Labute approximate surface area is 154 Å². The Bertz CT molecular complexity index is 741. The largest absolute Gasteiger partial charge is 0.386 e. The van der Waals surface area contributed by atoms with Crippen LogP contribution in [0.4, 0.5) is 5.82 Å². The third kappa shape index (κ3) is 4.04. The van der Waals surface area contributed by atoms with E-state index in [2.05, 4.69) is 20.1 Å². The summed E-state index contributed by atoms with van der Waals surface area (Å²) in [5.74, 6) is 0.901. The molecule has 1 amide bonds. The van der Waals surface area contributed by atoms with Gasteiger partial charge in [0, 0.05) is 38.4 Å². The van der Waals surface area contributed by atoms with Gasteiger partial charge in [0.05, 0.1) is 12.2 Å². The lowest BCUT2D eigenvalue weighted by atomic mass is 10.0. The van der Waals surface area contributed by atoms with E-state index in [1.165, 1.54) is 0 Å². The van der Waals surface area contributed by atoms with Crippen LogP contribution in [0, 0.1) is 13.8 Å². The summed E-state index contributed by atoms with van der Waals surface area (Å²) in [5, 5.41) is 18.0. The highest BCUT2D eigenvalue weighted by Crippen LogP contribution is 2.26. The van der Waals surface area contributed by atoms with Crippen LogP contribution < -0.4 is 4.90 Å². The number of rotatable bonds is 6. The number of aryl methyl sites for hydroxylation is 2. The third-order valence-corrected chi connectivity index (χ3v) is 5.13. The Hall–Kier alpha value is -2.41.